The predicted molar refractivity (Wildman–Crippen MR) is 139 cm³/mol. The number of benzene rings is 2. The van der Waals surface area contributed by atoms with Gasteiger partial charge in [-0.3, -0.25) is 15.1 Å². The van der Waals surface area contributed by atoms with Crippen molar-refractivity contribution >= 4 is 11.8 Å². The molecule has 0 radical (unpaired) electrons. The molecule has 1 unspecified atom stereocenters. The van der Waals surface area contributed by atoms with E-state index in [1.807, 2.05) is 26.0 Å². The Hall–Kier alpha value is -3.38. The molecule has 2 aliphatic rings. The molecule has 36 heavy (non-hydrogen) atoms. The summed E-state index contributed by atoms with van der Waals surface area (Å²) in [5.74, 6) is 0.546. The zero-order valence-corrected chi connectivity index (χ0v) is 21.8. The molecular weight excluding hydrogens is 454 g/mol. The highest BCUT2D eigenvalue weighted by Gasteiger charge is 2.37. The molecule has 1 aliphatic carbocycles. The second-order valence-electron chi connectivity index (χ2n) is 9.34. The molecule has 0 saturated heterocycles. The van der Waals surface area contributed by atoms with Crippen molar-refractivity contribution in [2.24, 2.45) is 0 Å². The normalized spacial score (nSPS) is 17.6. The maximum atomic E-state index is 13.7. The largest absolute Gasteiger partial charge is 0.493 e. The molecule has 0 spiro atoms. The summed E-state index contributed by atoms with van der Waals surface area (Å²) in [6, 6.07) is 8.84. The smallest absolute Gasteiger partial charge is 0.343 e. The van der Waals surface area contributed by atoms with Crippen molar-refractivity contribution in [1.29, 1.82) is 0 Å². The van der Waals surface area contributed by atoms with Crippen molar-refractivity contribution in [1.82, 2.24) is 5.48 Å². The van der Waals surface area contributed by atoms with Crippen molar-refractivity contribution < 1.29 is 23.9 Å². The zero-order chi connectivity index (χ0) is 25.8. The Morgan fingerprint density at radius 1 is 1.08 bits per heavy atom. The van der Waals surface area contributed by atoms with Gasteiger partial charge >= 0.3 is 5.97 Å². The van der Waals surface area contributed by atoms with Gasteiger partial charge in [0.05, 0.1) is 30.0 Å². The molecule has 1 atom stereocenters. The molecule has 190 valence electrons. The number of allylic oxidation sites excluding steroid dienone is 3. The number of esters is 1. The molecule has 1 heterocycles. The van der Waals surface area contributed by atoms with E-state index in [0.29, 0.717) is 55.1 Å². The summed E-state index contributed by atoms with van der Waals surface area (Å²) in [6.45, 7) is 11.3. The number of fused-ring (bicyclic) bond motifs is 1. The SMILES string of the molecule is CCC=C(NOCC)C1=C(OC(=O)c2ccccc2)CC(c2c(C)c(C)c(C)c3c2OCC3)CC1=O. The Bertz CT molecular complexity index is 1230. The average Bonchev–Trinajstić information content (AvgIpc) is 3.36. The number of rotatable bonds is 8. The van der Waals surface area contributed by atoms with Gasteiger partial charge in [0.2, 0.25) is 0 Å². The van der Waals surface area contributed by atoms with Gasteiger partial charge in [-0.2, -0.15) is 0 Å². The lowest BCUT2D eigenvalue weighted by molar-refractivity contribution is -0.116. The lowest BCUT2D eigenvalue weighted by Gasteiger charge is -2.30. The van der Waals surface area contributed by atoms with E-state index < -0.39 is 5.97 Å². The van der Waals surface area contributed by atoms with Gasteiger partial charge in [0, 0.05) is 36.3 Å². The van der Waals surface area contributed by atoms with Gasteiger partial charge in [0.25, 0.3) is 0 Å². The standard InChI is InChI=1S/C30H35NO5/c1-6-11-24(31-35-7-2)28-25(32)16-22(17-26(28)36-30(33)21-12-9-8-10-13-21)27-20(5)18(3)19(4)23-14-15-34-29(23)27/h8-13,22,31H,6-7,14-17H2,1-5H3. The monoisotopic (exact) mass is 489 g/mol. The Balaban J connectivity index is 1.80. The van der Waals surface area contributed by atoms with E-state index in [-0.39, 0.29) is 11.7 Å². The molecule has 6 heteroatoms. The van der Waals surface area contributed by atoms with Crippen LogP contribution in [0.3, 0.4) is 0 Å². The van der Waals surface area contributed by atoms with Gasteiger partial charge in [-0.1, -0.05) is 31.2 Å². The van der Waals surface area contributed by atoms with Crippen LogP contribution in [-0.4, -0.2) is 25.0 Å². The summed E-state index contributed by atoms with van der Waals surface area (Å²) in [5.41, 5.74) is 10.2. The number of ketones is 1. The van der Waals surface area contributed by atoms with E-state index in [0.717, 1.165) is 23.3 Å². The highest BCUT2D eigenvalue weighted by atomic mass is 16.6. The first kappa shape index (κ1) is 25.7. The van der Waals surface area contributed by atoms with Crippen LogP contribution in [0.25, 0.3) is 0 Å². The van der Waals surface area contributed by atoms with Gasteiger partial charge in [-0.15, -0.1) is 0 Å². The van der Waals surface area contributed by atoms with E-state index in [2.05, 4.69) is 26.3 Å². The van der Waals surface area contributed by atoms with Crippen molar-refractivity contribution in [2.75, 3.05) is 13.2 Å². The van der Waals surface area contributed by atoms with E-state index in [4.69, 9.17) is 14.3 Å². The predicted octanol–water partition coefficient (Wildman–Crippen LogP) is 5.94. The van der Waals surface area contributed by atoms with Crippen LogP contribution in [-0.2, 0) is 20.8 Å². The van der Waals surface area contributed by atoms with E-state index in [9.17, 15) is 9.59 Å². The van der Waals surface area contributed by atoms with Crippen molar-refractivity contribution in [3.05, 3.63) is 86.8 Å². The van der Waals surface area contributed by atoms with E-state index in [1.54, 1.807) is 24.3 Å². The fourth-order valence-corrected chi connectivity index (χ4v) is 5.20. The van der Waals surface area contributed by atoms with Crippen molar-refractivity contribution in [2.45, 2.75) is 66.2 Å². The number of hydrogen-bond donors (Lipinski definition) is 1. The summed E-state index contributed by atoms with van der Waals surface area (Å²) < 4.78 is 12.1. The van der Waals surface area contributed by atoms with E-state index in [1.165, 1.54) is 16.7 Å². The average molecular weight is 490 g/mol. The fourth-order valence-electron chi connectivity index (χ4n) is 5.20. The number of carbonyl (C=O) groups is 2. The van der Waals surface area contributed by atoms with Crippen LogP contribution in [0.15, 0.2) is 53.4 Å². The maximum absolute atomic E-state index is 13.7. The maximum Gasteiger partial charge on any atom is 0.343 e. The molecule has 4 rings (SSSR count). The Morgan fingerprint density at radius 2 is 1.83 bits per heavy atom. The topological polar surface area (TPSA) is 73.9 Å². The number of carbonyl (C=O) groups excluding carboxylic acids is 2. The quantitative estimate of drug-likeness (QED) is 0.365. The van der Waals surface area contributed by atoms with Gasteiger partial charge in [0.1, 0.15) is 11.5 Å². The minimum Gasteiger partial charge on any atom is -0.493 e. The van der Waals surface area contributed by atoms with Crippen LogP contribution < -0.4 is 10.2 Å². The minimum atomic E-state index is -0.484. The third-order valence-corrected chi connectivity index (χ3v) is 7.16. The molecule has 6 nitrogen and oxygen atoms in total. The van der Waals surface area contributed by atoms with Gasteiger partial charge in [0.15, 0.2) is 5.78 Å². The molecule has 1 aliphatic heterocycles. The van der Waals surface area contributed by atoms with Crippen LogP contribution in [0.4, 0.5) is 0 Å². The molecule has 0 fully saturated rings. The molecule has 0 saturated carbocycles. The number of ether oxygens (including phenoxy) is 2. The third-order valence-electron chi connectivity index (χ3n) is 7.16. The first-order valence-corrected chi connectivity index (χ1v) is 12.7. The van der Waals surface area contributed by atoms with Crippen molar-refractivity contribution in [3.63, 3.8) is 0 Å². The molecule has 1 N–H and O–H groups in total. The highest BCUT2D eigenvalue weighted by Crippen LogP contribution is 2.47. The summed E-state index contributed by atoms with van der Waals surface area (Å²) in [7, 11) is 0. The molecule has 0 amide bonds. The van der Waals surface area contributed by atoms with Gasteiger partial charge in [-0.05, 0) is 62.9 Å². The van der Waals surface area contributed by atoms with Crippen LogP contribution in [0.5, 0.6) is 5.75 Å². The van der Waals surface area contributed by atoms with Crippen LogP contribution in [0, 0.1) is 20.8 Å². The number of nitrogens with one attached hydrogen (secondary N) is 1. The second-order valence-corrected chi connectivity index (χ2v) is 9.34. The lowest BCUT2D eigenvalue weighted by atomic mass is 9.77. The highest BCUT2D eigenvalue weighted by molar-refractivity contribution is 6.02. The molecule has 2 aromatic rings. The number of Topliss-reactive ketones (excluding diaryl/α,β-unsaturated/α-hetero) is 1. The third kappa shape index (κ3) is 4.96. The molecular formula is C30H35NO5. The summed E-state index contributed by atoms with van der Waals surface area (Å²) in [5, 5.41) is 0. The Kier molecular flexibility index (Phi) is 7.94. The van der Waals surface area contributed by atoms with E-state index >= 15 is 0 Å². The molecule has 0 aromatic heterocycles. The van der Waals surface area contributed by atoms with Crippen LogP contribution in [0.2, 0.25) is 0 Å². The van der Waals surface area contributed by atoms with Gasteiger partial charge in [-0.25, -0.2) is 4.79 Å². The summed E-state index contributed by atoms with van der Waals surface area (Å²) in [6.07, 6.45) is 4.16. The first-order chi connectivity index (χ1) is 17.4. The number of hydrogen-bond acceptors (Lipinski definition) is 6. The first-order valence-electron chi connectivity index (χ1n) is 12.7. The lowest BCUT2D eigenvalue weighted by Crippen LogP contribution is -2.28. The summed E-state index contributed by atoms with van der Waals surface area (Å²) >= 11 is 0. The second kappa shape index (κ2) is 11.1. The Labute approximate surface area is 213 Å². The van der Waals surface area contributed by atoms with Crippen molar-refractivity contribution in [3.8, 4) is 5.75 Å². The van der Waals surface area contributed by atoms with Crippen LogP contribution >= 0.6 is 0 Å². The zero-order valence-electron chi connectivity index (χ0n) is 21.8. The van der Waals surface area contributed by atoms with Gasteiger partial charge < -0.3 is 9.47 Å². The minimum absolute atomic E-state index is 0.0848. The van der Waals surface area contributed by atoms with Crippen LogP contribution in [0.1, 0.15) is 77.2 Å². The summed E-state index contributed by atoms with van der Waals surface area (Å²) in [4.78, 5) is 32.3. The Morgan fingerprint density at radius 3 is 2.53 bits per heavy atom. The number of hydroxylamine groups is 1. The molecule has 2 aromatic carbocycles. The fraction of sp³-hybridized carbons (Fsp3) is 0.400. The molecule has 0 bridgehead atoms.